The molecule has 3 aromatic carbocycles. The smallest absolute Gasteiger partial charge is 0.255 e. The van der Waals surface area contributed by atoms with Gasteiger partial charge < -0.3 is 5.32 Å². The summed E-state index contributed by atoms with van der Waals surface area (Å²) >= 11 is 0. The van der Waals surface area contributed by atoms with Gasteiger partial charge in [0.25, 0.3) is 5.91 Å². The van der Waals surface area contributed by atoms with Crippen molar-refractivity contribution in [3.05, 3.63) is 72.3 Å². The van der Waals surface area contributed by atoms with Gasteiger partial charge >= 0.3 is 0 Å². The first kappa shape index (κ1) is 15.5. The Morgan fingerprint density at radius 3 is 2.17 bits per heavy atom. The fourth-order valence-corrected chi connectivity index (χ4v) is 3.82. The van der Waals surface area contributed by atoms with E-state index in [2.05, 4.69) is 37.1 Å². The molecule has 23 heavy (non-hydrogen) atoms. The predicted molar refractivity (Wildman–Crippen MR) is 101 cm³/mol. The van der Waals surface area contributed by atoms with Crippen LogP contribution >= 0.6 is 0 Å². The number of fused-ring (bicyclic) bond motifs is 1. The first-order valence-electron chi connectivity index (χ1n) is 7.85. The number of carbonyl (C=O) groups excluding carboxylic acids is 1. The Hall–Kier alpha value is -2.39. The van der Waals surface area contributed by atoms with Crippen LogP contribution in [0.4, 0.5) is 5.69 Å². The van der Waals surface area contributed by atoms with E-state index in [1.54, 1.807) is 0 Å². The zero-order valence-electron chi connectivity index (χ0n) is 13.8. The van der Waals surface area contributed by atoms with E-state index in [1.807, 2.05) is 54.6 Å². The van der Waals surface area contributed by atoms with Gasteiger partial charge in [0.05, 0.1) is 8.07 Å². The lowest BCUT2D eigenvalue weighted by atomic mass is 10.1. The number of rotatable bonds is 3. The summed E-state index contributed by atoms with van der Waals surface area (Å²) in [6, 6.07) is 22.0. The molecular weight excluding hydrogens is 298 g/mol. The Kier molecular flexibility index (Phi) is 4.05. The SMILES string of the molecule is C[Si](C)(C)c1ccc(C(=O)Nc2cccc3ccccc23)cc1. The average molecular weight is 319 g/mol. The monoisotopic (exact) mass is 319 g/mol. The van der Waals surface area contributed by atoms with Crippen molar-refractivity contribution in [1.29, 1.82) is 0 Å². The molecule has 3 heteroatoms. The maximum atomic E-state index is 12.5. The van der Waals surface area contributed by atoms with Crippen molar-refractivity contribution in [2.45, 2.75) is 19.6 Å². The highest BCUT2D eigenvalue weighted by Gasteiger charge is 2.16. The van der Waals surface area contributed by atoms with Gasteiger partial charge in [-0.3, -0.25) is 4.79 Å². The molecule has 2 nitrogen and oxygen atoms in total. The maximum absolute atomic E-state index is 12.5. The molecule has 3 aromatic rings. The summed E-state index contributed by atoms with van der Waals surface area (Å²) in [5.74, 6) is -0.0662. The fourth-order valence-electron chi connectivity index (χ4n) is 2.65. The third kappa shape index (κ3) is 3.35. The van der Waals surface area contributed by atoms with Crippen molar-refractivity contribution in [1.82, 2.24) is 0 Å². The van der Waals surface area contributed by atoms with Gasteiger partial charge in [-0.05, 0) is 23.6 Å². The highest BCUT2D eigenvalue weighted by atomic mass is 28.3. The number of carbonyl (C=O) groups is 1. The quantitative estimate of drug-likeness (QED) is 0.700. The van der Waals surface area contributed by atoms with E-state index >= 15 is 0 Å². The van der Waals surface area contributed by atoms with Crippen LogP contribution in [0.3, 0.4) is 0 Å². The molecule has 0 aliphatic rings. The number of benzene rings is 3. The van der Waals surface area contributed by atoms with Crippen LogP contribution in [0.1, 0.15) is 10.4 Å². The lowest BCUT2D eigenvalue weighted by molar-refractivity contribution is 0.102. The van der Waals surface area contributed by atoms with Crippen LogP contribution in [0.2, 0.25) is 19.6 Å². The molecule has 1 amide bonds. The topological polar surface area (TPSA) is 29.1 Å². The lowest BCUT2D eigenvalue weighted by Crippen LogP contribution is -2.37. The minimum Gasteiger partial charge on any atom is -0.321 e. The van der Waals surface area contributed by atoms with E-state index in [4.69, 9.17) is 0 Å². The molecule has 0 heterocycles. The molecule has 0 aromatic heterocycles. The molecule has 0 bridgehead atoms. The maximum Gasteiger partial charge on any atom is 0.255 e. The van der Waals surface area contributed by atoms with E-state index in [9.17, 15) is 4.79 Å². The molecule has 0 aliphatic carbocycles. The summed E-state index contributed by atoms with van der Waals surface area (Å²) in [7, 11) is -1.33. The van der Waals surface area contributed by atoms with Crippen LogP contribution < -0.4 is 10.5 Å². The van der Waals surface area contributed by atoms with Gasteiger partial charge in [0.2, 0.25) is 0 Å². The van der Waals surface area contributed by atoms with Crippen molar-refractivity contribution in [3.63, 3.8) is 0 Å². The van der Waals surface area contributed by atoms with Crippen LogP contribution in [-0.2, 0) is 0 Å². The van der Waals surface area contributed by atoms with E-state index in [0.29, 0.717) is 5.56 Å². The molecule has 0 atom stereocenters. The van der Waals surface area contributed by atoms with Crippen LogP contribution in [0.15, 0.2) is 66.7 Å². The van der Waals surface area contributed by atoms with Gasteiger partial charge in [0.1, 0.15) is 0 Å². The van der Waals surface area contributed by atoms with E-state index in [-0.39, 0.29) is 5.91 Å². The normalized spacial score (nSPS) is 11.4. The third-order valence-corrected chi connectivity index (χ3v) is 6.12. The Morgan fingerprint density at radius 2 is 1.48 bits per heavy atom. The first-order chi connectivity index (χ1) is 10.9. The van der Waals surface area contributed by atoms with E-state index < -0.39 is 8.07 Å². The summed E-state index contributed by atoms with van der Waals surface area (Å²) in [4.78, 5) is 12.5. The minimum absolute atomic E-state index is 0.0662. The van der Waals surface area contributed by atoms with Gasteiger partial charge in [-0.1, -0.05) is 73.4 Å². The van der Waals surface area contributed by atoms with Crippen molar-refractivity contribution < 1.29 is 4.79 Å². The lowest BCUT2D eigenvalue weighted by Gasteiger charge is -2.16. The second-order valence-electron chi connectivity index (χ2n) is 6.81. The van der Waals surface area contributed by atoms with Crippen LogP contribution in [0.5, 0.6) is 0 Å². The number of hydrogen-bond donors (Lipinski definition) is 1. The highest BCUT2D eigenvalue weighted by molar-refractivity contribution is 6.88. The third-order valence-electron chi connectivity index (χ3n) is 4.05. The largest absolute Gasteiger partial charge is 0.321 e. The van der Waals surface area contributed by atoms with Crippen molar-refractivity contribution in [2.75, 3.05) is 5.32 Å². The number of amides is 1. The standard InChI is InChI=1S/C20H21NOSi/c1-23(2,3)17-13-11-16(12-14-17)20(22)21-19-10-6-8-15-7-4-5-9-18(15)19/h4-14H,1-3H3,(H,21,22). The first-order valence-corrected chi connectivity index (χ1v) is 11.3. The Bertz CT molecular complexity index is 842. The van der Waals surface area contributed by atoms with Gasteiger partial charge in [-0.2, -0.15) is 0 Å². The van der Waals surface area contributed by atoms with Gasteiger partial charge in [0, 0.05) is 16.6 Å². The number of nitrogens with one attached hydrogen (secondary N) is 1. The molecule has 0 saturated heterocycles. The van der Waals surface area contributed by atoms with Crippen LogP contribution in [0, 0.1) is 0 Å². The molecule has 0 radical (unpaired) electrons. The Balaban J connectivity index is 1.86. The molecule has 0 fully saturated rings. The summed E-state index contributed by atoms with van der Waals surface area (Å²) in [6.07, 6.45) is 0. The zero-order valence-corrected chi connectivity index (χ0v) is 14.8. The molecule has 3 rings (SSSR count). The van der Waals surface area contributed by atoms with Gasteiger partial charge in [0.15, 0.2) is 0 Å². The second kappa shape index (κ2) is 6.01. The summed E-state index contributed by atoms with van der Waals surface area (Å²) < 4.78 is 0. The molecule has 0 spiro atoms. The molecule has 116 valence electrons. The van der Waals surface area contributed by atoms with Gasteiger partial charge in [-0.15, -0.1) is 0 Å². The number of anilines is 1. The summed E-state index contributed by atoms with van der Waals surface area (Å²) in [6.45, 7) is 6.91. The zero-order chi connectivity index (χ0) is 16.4. The van der Waals surface area contributed by atoms with Crippen LogP contribution in [-0.4, -0.2) is 14.0 Å². The molecule has 0 saturated carbocycles. The second-order valence-corrected chi connectivity index (χ2v) is 11.9. The van der Waals surface area contributed by atoms with E-state index in [1.165, 1.54) is 5.19 Å². The Morgan fingerprint density at radius 1 is 0.826 bits per heavy atom. The summed E-state index contributed by atoms with van der Waals surface area (Å²) in [5, 5.41) is 6.57. The predicted octanol–water partition coefficient (Wildman–Crippen LogP) is 4.64. The Labute approximate surface area is 138 Å². The van der Waals surface area contributed by atoms with Crippen molar-refractivity contribution in [3.8, 4) is 0 Å². The van der Waals surface area contributed by atoms with Crippen molar-refractivity contribution in [2.24, 2.45) is 0 Å². The van der Waals surface area contributed by atoms with Crippen molar-refractivity contribution >= 4 is 35.6 Å². The molecule has 0 unspecified atom stereocenters. The number of hydrogen-bond acceptors (Lipinski definition) is 1. The van der Waals surface area contributed by atoms with Crippen LogP contribution in [0.25, 0.3) is 10.8 Å². The van der Waals surface area contributed by atoms with E-state index in [0.717, 1.165) is 16.5 Å². The minimum atomic E-state index is -1.33. The highest BCUT2D eigenvalue weighted by Crippen LogP contribution is 2.23. The fraction of sp³-hybridized carbons (Fsp3) is 0.150. The molecule has 0 aliphatic heterocycles. The van der Waals surface area contributed by atoms with Gasteiger partial charge in [-0.25, -0.2) is 0 Å². The molecule has 1 N–H and O–H groups in total. The molecular formula is C20H21NOSi. The average Bonchev–Trinajstić information content (AvgIpc) is 2.54. The summed E-state index contributed by atoms with van der Waals surface area (Å²) in [5.41, 5.74) is 1.54.